The van der Waals surface area contributed by atoms with Crippen LogP contribution in [0.3, 0.4) is 0 Å². The maximum absolute atomic E-state index is 9.50. The maximum Gasteiger partial charge on any atom is 0.223 e. The lowest BCUT2D eigenvalue weighted by molar-refractivity contribution is -0.327. The zero-order valence-corrected chi connectivity index (χ0v) is 7.50. The summed E-state index contributed by atoms with van der Waals surface area (Å²) in [4.78, 5) is 2.22. The minimum absolute atomic E-state index is 0.665. The zero-order valence-electron chi connectivity index (χ0n) is 7.50. The van der Waals surface area contributed by atoms with Gasteiger partial charge in [0.05, 0.1) is 6.61 Å². The molecule has 0 aromatic rings. The highest BCUT2D eigenvalue weighted by molar-refractivity contribution is 4.98. The topological polar surface area (TPSA) is 159 Å². The van der Waals surface area contributed by atoms with Crippen LogP contribution in [0, 0.1) is 0 Å². The lowest BCUT2D eigenvalue weighted by Gasteiger charge is -2.43. The molecule has 0 aromatic carbocycles. The molecule has 1 saturated heterocycles. The quantitative estimate of drug-likeness (QED) is 0.195. The van der Waals surface area contributed by atoms with Crippen molar-refractivity contribution in [3.05, 3.63) is 10.4 Å². The average Bonchev–Trinajstić information content (AvgIpc) is 2.21. The van der Waals surface area contributed by atoms with E-state index in [2.05, 4.69) is 14.8 Å². The van der Waals surface area contributed by atoms with E-state index in [-0.39, 0.29) is 0 Å². The van der Waals surface area contributed by atoms with Crippen LogP contribution in [-0.2, 0) is 4.74 Å². The number of ether oxygens (including phenoxy) is 1. The van der Waals surface area contributed by atoms with Crippen molar-refractivity contribution in [2.24, 2.45) is 5.11 Å². The molecular formula is C6H11N3O6. The van der Waals surface area contributed by atoms with Crippen LogP contribution in [0.2, 0.25) is 0 Å². The van der Waals surface area contributed by atoms with Gasteiger partial charge in [-0.3, -0.25) is 0 Å². The minimum atomic E-state index is -2.67. The van der Waals surface area contributed by atoms with E-state index in [4.69, 9.17) is 10.6 Å². The largest absolute Gasteiger partial charge is 0.394 e. The summed E-state index contributed by atoms with van der Waals surface area (Å²) in [6.45, 7) is -0.665. The van der Waals surface area contributed by atoms with Crippen molar-refractivity contribution in [2.45, 2.75) is 30.3 Å². The van der Waals surface area contributed by atoms with Gasteiger partial charge in [0, 0.05) is 4.91 Å². The van der Waals surface area contributed by atoms with Gasteiger partial charge in [0.25, 0.3) is 0 Å². The predicted molar refractivity (Wildman–Crippen MR) is 44.1 cm³/mol. The molecule has 0 spiro atoms. The van der Waals surface area contributed by atoms with Gasteiger partial charge >= 0.3 is 0 Å². The monoisotopic (exact) mass is 221 g/mol. The van der Waals surface area contributed by atoms with Gasteiger partial charge in [-0.2, -0.15) is 0 Å². The van der Waals surface area contributed by atoms with Gasteiger partial charge in [-0.1, -0.05) is 5.11 Å². The minimum Gasteiger partial charge on any atom is -0.394 e. The second-order valence-electron chi connectivity index (χ2n) is 3.12. The zero-order chi connectivity index (χ0) is 11.6. The summed E-state index contributed by atoms with van der Waals surface area (Å²) in [7, 11) is 0. The van der Waals surface area contributed by atoms with E-state index in [0.29, 0.717) is 0 Å². The molecule has 0 amide bonds. The van der Waals surface area contributed by atoms with E-state index < -0.39 is 36.9 Å². The van der Waals surface area contributed by atoms with Crippen LogP contribution in [0.15, 0.2) is 5.11 Å². The number of azide groups is 1. The summed E-state index contributed by atoms with van der Waals surface area (Å²) >= 11 is 0. The first-order chi connectivity index (χ1) is 6.97. The summed E-state index contributed by atoms with van der Waals surface area (Å²) in [5.41, 5.74) is 5.45. The molecule has 1 fully saturated rings. The fourth-order valence-electron chi connectivity index (χ4n) is 1.28. The van der Waals surface area contributed by atoms with Gasteiger partial charge in [-0.15, -0.1) is 0 Å². The third-order valence-electron chi connectivity index (χ3n) is 2.19. The molecule has 0 aliphatic carbocycles. The molecule has 1 aliphatic heterocycles. The van der Waals surface area contributed by atoms with E-state index in [1.54, 1.807) is 0 Å². The van der Waals surface area contributed by atoms with Crippen molar-refractivity contribution in [1.82, 2.24) is 0 Å². The lowest BCUT2D eigenvalue weighted by atomic mass is 9.94. The fraction of sp³-hybridized carbons (Fsp3) is 1.00. The highest BCUT2D eigenvalue weighted by atomic mass is 16.6. The van der Waals surface area contributed by atoms with Crippen molar-refractivity contribution in [3.8, 4) is 0 Å². The molecule has 15 heavy (non-hydrogen) atoms. The van der Waals surface area contributed by atoms with Crippen LogP contribution < -0.4 is 0 Å². The van der Waals surface area contributed by atoms with Crippen LogP contribution in [-0.4, -0.2) is 62.5 Å². The van der Waals surface area contributed by atoms with Crippen molar-refractivity contribution in [2.75, 3.05) is 6.61 Å². The summed E-state index contributed by atoms with van der Waals surface area (Å²) in [6.07, 6.45) is -6.91. The molecule has 0 aromatic heterocycles. The van der Waals surface area contributed by atoms with Crippen molar-refractivity contribution in [1.29, 1.82) is 0 Å². The number of hydrogen-bond acceptors (Lipinski definition) is 7. The smallest absolute Gasteiger partial charge is 0.223 e. The Kier molecular flexibility index (Phi) is 3.47. The molecule has 9 heteroatoms. The lowest BCUT2D eigenvalue weighted by Crippen LogP contribution is -2.65. The fourth-order valence-corrected chi connectivity index (χ4v) is 1.28. The van der Waals surface area contributed by atoms with Crippen molar-refractivity contribution >= 4 is 0 Å². The summed E-state index contributed by atoms with van der Waals surface area (Å²) < 4.78 is 4.57. The van der Waals surface area contributed by atoms with Crippen LogP contribution in [0.4, 0.5) is 0 Å². The number of aliphatic hydroxyl groups is 5. The van der Waals surface area contributed by atoms with Gasteiger partial charge in [0.2, 0.25) is 5.72 Å². The van der Waals surface area contributed by atoms with Crippen LogP contribution >= 0.6 is 0 Å². The normalized spacial score (nSPS) is 45.9. The standard InChI is InChI=1S/C6H11N3O6/c7-9-8-6(14)4(12)3(11)2(1-10)15-5(6)13/h2-5,10-14H,1H2/t2-,3+,4+,5+,6+/m1/s1. The van der Waals surface area contributed by atoms with E-state index >= 15 is 0 Å². The van der Waals surface area contributed by atoms with E-state index in [1.165, 1.54) is 0 Å². The van der Waals surface area contributed by atoms with Gasteiger partial charge < -0.3 is 30.3 Å². The highest BCUT2D eigenvalue weighted by Crippen LogP contribution is 2.29. The van der Waals surface area contributed by atoms with E-state index in [0.717, 1.165) is 0 Å². The molecule has 0 bridgehead atoms. The molecule has 1 aliphatic rings. The first-order valence-electron chi connectivity index (χ1n) is 4.06. The van der Waals surface area contributed by atoms with Crippen LogP contribution in [0.25, 0.3) is 10.4 Å². The first-order valence-corrected chi connectivity index (χ1v) is 4.06. The Morgan fingerprint density at radius 1 is 1.40 bits per heavy atom. The molecule has 0 unspecified atom stereocenters. The van der Waals surface area contributed by atoms with Crippen LogP contribution in [0.5, 0.6) is 0 Å². The second kappa shape index (κ2) is 4.29. The van der Waals surface area contributed by atoms with E-state index in [1.807, 2.05) is 0 Å². The summed E-state index contributed by atoms with van der Waals surface area (Å²) in [5.74, 6) is 0. The first kappa shape index (κ1) is 12.1. The summed E-state index contributed by atoms with van der Waals surface area (Å²) in [5, 5.41) is 48.9. The molecule has 5 N–H and O–H groups in total. The summed E-state index contributed by atoms with van der Waals surface area (Å²) in [6, 6.07) is 0. The highest BCUT2D eigenvalue weighted by Gasteiger charge is 2.54. The molecular weight excluding hydrogens is 210 g/mol. The average molecular weight is 221 g/mol. The Morgan fingerprint density at radius 3 is 2.47 bits per heavy atom. The Labute approximate surface area is 83.8 Å². The second-order valence-corrected chi connectivity index (χ2v) is 3.12. The van der Waals surface area contributed by atoms with Gasteiger partial charge in [0.15, 0.2) is 6.29 Å². The molecule has 0 radical (unpaired) electrons. The van der Waals surface area contributed by atoms with Gasteiger partial charge in [-0.25, -0.2) is 0 Å². The number of rotatable bonds is 2. The van der Waals surface area contributed by atoms with Crippen molar-refractivity contribution < 1.29 is 30.3 Å². The third-order valence-corrected chi connectivity index (χ3v) is 2.19. The SMILES string of the molecule is [N-]=[N+]=N[C@@]1(O)[C@@H](O)O[C@H](CO)[C@H](O)[C@@H]1O. The van der Waals surface area contributed by atoms with Crippen LogP contribution in [0.1, 0.15) is 0 Å². The molecule has 1 heterocycles. The van der Waals surface area contributed by atoms with Gasteiger partial charge in [-0.05, 0) is 5.53 Å². The van der Waals surface area contributed by atoms with Gasteiger partial charge in [0.1, 0.15) is 18.3 Å². The predicted octanol–water partition coefficient (Wildman–Crippen LogP) is -2.58. The maximum atomic E-state index is 9.50. The Bertz CT molecular complexity index is 282. The Morgan fingerprint density at radius 2 is 2.00 bits per heavy atom. The Hall–Kier alpha value is -0.930. The third kappa shape index (κ3) is 1.90. The Balaban J connectivity index is 2.97. The molecule has 1 rings (SSSR count). The van der Waals surface area contributed by atoms with E-state index in [9.17, 15) is 20.4 Å². The molecule has 5 atom stereocenters. The molecule has 9 nitrogen and oxygen atoms in total. The number of aliphatic hydroxyl groups excluding tert-OH is 4. The number of hydrogen-bond donors (Lipinski definition) is 5. The molecule has 86 valence electrons. The van der Waals surface area contributed by atoms with Crippen molar-refractivity contribution in [3.63, 3.8) is 0 Å². The molecule has 0 saturated carbocycles. The number of nitrogens with zero attached hydrogens (tertiary/aromatic N) is 3.